The van der Waals surface area contributed by atoms with E-state index in [1.165, 1.54) is 6.07 Å². The number of hydrogen-bond donors (Lipinski definition) is 0. The van der Waals surface area contributed by atoms with Crippen LogP contribution in [0.4, 0.5) is 4.39 Å². The third-order valence-electron chi connectivity index (χ3n) is 1.94. The van der Waals surface area contributed by atoms with Crippen molar-refractivity contribution in [1.82, 2.24) is 0 Å². The predicted molar refractivity (Wildman–Crippen MR) is 58.4 cm³/mol. The third kappa shape index (κ3) is 1.85. The van der Waals surface area contributed by atoms with Crippen LogP contribution in [0.2, 0.25) is 0 Å². The maximum atomic E-state index is 13.3. The lowest BCUT2D eigenvalue weighted by Gasteiger charge is -2.02. The van der Waals surface area contributed by atoms with Crippen molar-refractivity contribution >= 4 is 15.9 Å². The molecule has 2 aromatic carbocycles. The Morgan fingerprint density at radius 2 is 1.79 bits per heavy atom. The van der Waals surface area contributed by atoms with Crippen LogP contribution < -0.4 is 0 Å². The van der Waals surface area contributed by atoms with E-state index in [-0.39, 0.29) is 5.82 Å². The van der Waals surface area contributed by atoms with Gasteiger partial charge in [0.1, 0.15) is 5.82 Å². The van der Waals surface area contributed by atoms with Crippen LogP contribution >= 0.6 is 15.9 Å². The van der Waals surface area contributed by atoms with Gasteiger partial charge in [0.15, 0.2) is 0 Å². The topological polar surface area (TPSA) is 0 Å². The van der Waals surface area contributed by atoms with Gasteiger partial charge in [0.25, 0.3) is 0 Å². The van der Waals surface area contributed by atoms with Crippen molar-refractivity contribution in [2.24, 2.45) is 0 Å². The first-order valence-corrected chi connectivity index (χ1v) is 4.99. The molecule has 0 N–H and O–H groups in total. The van der Waals surface area contributed by atoms with E-state index in [9.17, 15) is 4.39 Å². The Bertz CT molecular complexity index is 434. The highest BCUT2D eigenvalue weighted by Crippen LogP contribution is 2.23. The van der Waals surface area contributed by atoms with Crippen LogP contribution in [0.5, 0.6) is 0 Å². The standard InChI is InChI=1S/C12H7BrF/c13-10-7-5-9(6-8-10)11-3-1-2-4-12(11)14/h1-2,4-8H. The van der Waals surface area contributed by atoms with Gasteiger partial charge in [-0.3, -0.25) is 0 Å². The molecule has 0 aliphatic carbocycles. The van der Waals surface area contributed by atoms with Crippen molar-refractivity contribution in [1.29, 1.82) is 0 Å². The lowest BCUT2D eigenvalue weighted by molar-refractivity contribution is 0.631. The minimum atomic E-state index is -0.241. The largest absolute Gasteiger partial charge is 0.206 e. The second-order valence-electron chi connectivity index (χ2n) is 2.90. The highest BCUT2D eigenvalue weighted by Gasteiger charge is 2.02. The molecule has 2 rings (SSSR count). The molecule has 2 aromatic rings. The van der Waals surface area contributed by atoms with Gasteiger partial charge in [0, 0.05) is 10.0 Å². The second kappa shape index (κ2) is 3.93. The van der Waals surface area contributed by atoms with Crippen molar-refractivity contribution in [3.05, 3.63) is 58.8 Å². The van der Waals surface area contributed by atoms with Crippen molar-refractivity contribution in [3.8, 4) is 11.1 Å². The summed E-state index contributed by atoms with van der Waals surface area (Å²) in [5.74, 6) is -0.241. The van der Waals surface area contributed by atoms with Gasteiger partial charge in [-0.25, -0.2) is 4.39 Å². The molecule has 2 heteroatoms. The smallest absolute Gasteiger partial charge is 0.131 e. The molecule has 0 aliphatic heterocycles. The average molecular weight is 250 g/mol. The fourth-order valence-electron chi connectivity index (χ4n) is 1.25. The fourth-order valence-corrected chi connectivity index (χ4v) is 1.52. The maximum Gasteiger partial charge on any atom is 0.131 e. The van der Waals surface area contributed by atoms with E-state index >= 15 is 0 Å². The maximum absolute atomic E-state index is 13.3. The second-order valence-corrected chi connectivity index (χ2v) is 3.82. The SMILES string of the molecule is Fc1ccc[c]c1-c1ccc(Br)cc1. The van der Waals surface area contributed by atoms with Gasteiger partial charge >= 0.3 is 0 Å². The summed E-state index contributed by atoms with van der Waals surface area (Å²) in [4.78, 5) is 0. The molecule has 0 aromatic heterocycles. The zero-order valence-corrected chi connectivity index (χ0v) is 8.88. The molecular formula is C12H7BrF. The van der Waals surface area contributed by atoms with Crippen molar-refractivity contribution < 1.29 is 4.39 Å². The summed E-state index contributed by atoms with van der Waals surface area (Å²) < 4.78 is 14.3. The summed E-state index contributed by atoms with van der Waals surface area (Å²) in [5, 5.41) is 0. The first-order valence-electron chi connectivity index (χ1n) is 4.19. The van der Waals surface area contributed by atoms with Crippen LogP contribution in [0, 0.1) is 11.9 Å². The van der Waals surface area contributed by atoms with E-state index in [1.807, 2.05) is 24.3 Å². The van der Waals surface area contributed by atoms with Crippen molar-refractivity contribution in [2.75, 3.05) is 0 Å². The van der Waals surface area contributed by atoms with Crippen molar-refractivity contribution in [3.63, 3.8) is 0 Å². The lowest BCUT2D eigenvalue weighted by atomic mass is 10.1. The molecule has 1 radical (unpaired) electrons. The minimum Gasteiger partial charge on any atom is -0.206 e. The first kappa shape index (κ1) is 9.41. The van der Waals surface area contributed by atoms with Gasteiger partial charge in [0.05, 0.1) is 0 Å². The van der Waals surface area contributed by atoms with Gasteiger partial charge in [-0.05, 0) is 29.8 Å². The molecule has 0 saturated carbocycles. The normalized spacial score (nSPS) is 10.1. The van der Waals surface area contributed by atoms with Crippen LogP contribution in [0.3, 0.4) is 0 Å². The summed E-state index contributed by atoms with van der Waals surface area (Å²) in [7, 11) is 0. The molecule has 0 amide bonds. The molecule has 0 bridgehead atoms. The molecule has 14 heavy (non-hydrogen) atoms. The fraction of sp³-hybridized carbons (Fsp3) is 0. The Morgan fingerprint density at radius 1 is 1.07 bits per heavy atom. The number of rotatable bonds is 1. The molecular weight excluding hydrogens is 243 g/mol. The summed E-state index contributed by atoms with van der Waals surface area (Å²) in [6, 6.07) is 15.2. The molecule has 0 heterocycles. The summed E-state index contributed by atoms with van der Waals surface area (Å²) >= 11 is 3.33. The monoisotopic (exact) mass is 249 g/mol. The first-order chi connectivity index (χ1) is 6.77. The summed E-state index contributed by atoms with van der Waals surface area (Å²) in [5.41, 5.74) is 1.35. The summed E-state index contributed by atoms with van der Waals surface area (Å²) in [6.07, 6.45) is 0. The predicted octanol–water partition coefficient (Wildman–Crippen LogP) is 4.06. The van der Waals surface area contributed by atoms with E-state index in [2.05, 4.69) is 22.0 Å². The number of hydrogen-bond acceptors (Lipinski definition) is 0. The van der Waals surface area contributed by atoms with Crippen LogP contribution in [0.25, 0.3) is 11.1 Å². The van der Waals surface area contributed by atoms with E-state index in [4.69, 9.17) is 0 Å². The molecule has 0 nitrogen and oxygen atoms in total. The van der Waals surface area contributed by atoms with Crippen LogP contribution in [0.1, 0.15) is 0 Å². The molecule has 0 saturated heterocycles. The van der Waals surface area contributed by atoms with Gasteiger partial charge < -0.3 is 0 Å². The zero-order chi connectivity index (χ0) is 9.97. The van der Waals surface area contributed by atoms with Crippen LogP contribution in [-0.2, 0) is 0 Å². The van der Waals surface area contributed by atoms with Crippen LogP contribution in [-0.4, -0.2) is 0 Å². The molecule has 0 atom stereocenters. The Hall–Kier alpha value is -1.15. The molecule has 0 spiro atoms. The lowest BCUT2D eigenvalue weighted by Crippen LogP contribution is -1.82. The Labute approximate surface area is 90.5 Å². The van der Waals surface area contributed by atoms with E-state index in [0.29, 0.717) is 5.56 Å². The zero-order valence-electron chi connectivity index (χ0n) is 7.30. The summed E-state index contributed by atoms with van der Waals surface area (Å²) in [6.45, 7) is 0. The Kier molecular flexibility index (Phi) is 2.64. The molecule has 0 aliphatic rings. The highest BCUT2D eigenvalue weighted by atomic mass is 79.9. The Morgan fingerprint density at radius 3 is 2.43 bits per heavy atom. The molecule has 0 fully saturated rings. The Balaban J connectivity index is 2.50. The number of benzene rings is 2. The van der Waals surface area contributed by atoms with Gasteiger partial charge in [-0.2, -0.15) is 0 Å². The average Bonchev–Trinajstić information content (AvgIpc) is 2.20. The molecule has 0 unspecified atom stereocenters. The van der Waals surface area contributed by atoms with Gasteiger partial charge in [-0.1, -0.05) is 40.2 Å². The van der Waals surface area contributed by atoms with Gasteiger partial charge in [0.2, 0.25) is 0 Å². The quantitative estimate of drug-likeness (QED) is 0.716. The minimum absolute atomic E-state index is 0.241. The third-order valence-corrected chi connectivity index (χ3v) is 2.47. The number of halogens is 2. The molecule has 69 valence electrons. The van der Waals surface area contributed by atoms with Crippen LogP contribution in [0.15, 0.2) is 46.9 Å². The van der Waals surface area contributed by atoms with Crippen molar-refractivity contribution in [2.45, 2.75) is 0 Å². The van der Waals surface area contributed by atoms with Gasteiger partial charge in [-0.15, -0.1) is 0 Å². The van der Waals surface area contributed by atoms with E-state index < -0.39 is 0 Å². The highest BCUT2D eigenvalue weighted by molar-refractivity contribution is 9.10. The van der Waals surface area contributed by atoms with E-state index in [0.717, 1.165) is 10.0 Å². The van der Waals surface area contributed by atoms with E-state index in [1.54, 1.807) is 12.1 Å².